The topological polar surface area (TPSA) is 120 Å². The first-order valence-electron chi connectivity index (χ1n) is 15.7. The number of halogens is 2. The number of alkyl halides is 2. The molecule has 232 valence electrons. The van der Waals surface area contributed by atoms with Gasteiger partial charge in [0.25, 0.3) is 23.3 Å². The Kier molecular flexibility index (Phi) is 7.48. The lowest BCUT2D eigenvalue weighted by Gasteiger charge is -2.39. The minimum absolute atomic E-state index is 0.0424. The van der Waals surface area contributed by atoms with Crippen molar-refractivity contribution in [3.8, 4) is 17.2 Å². The van der Waals surface area contributed by atoms with E-state index in [-0.39, 0.29) is 40.0 Å². The highest BCUT2D eigenvalue weighted by Gasteiger charge is 2.46. The Bertz CT molecular complexity index is 1780. The Labute approximate surface area is 259 Å². The van der Waals surface area contributed by atoms with E-state index in [4.69, 9.17) is 0 Å². The molecule has 11 heteroatoms. The van der Waals surface area contributed by atoms with E-state index in [1.165, 1.54) is 18.9 Å². The molecule has 0 radical (unpaired) electrons. The van der Waals surface area contributed by atoms with Gasteiger partial charge in [-0.3, -0.25) is 14.4 Å². The number of nitrogens with one attached hydrogen (secondary N) is 2. The van der Waals surface area contributed by atoms with Crippen molar-refractivity contribution >= 4 is 17.6 Å². The molecule has 2 N–H and O–H groups in total. The lowest BCUT2D eigenvalue weighted by molar-refractivity contribution is -0.113. The van der Waals surface area contributed by atoms with Crippen LogP contribution in [0.4, 0.5) is 14.6 Å². The van der Waals surface area contributed by atoms with E-state index >= 15 is 0 Å². The molecule has 3 aliphatic carbocycles. The Morgan fingerprint density at radius 1 is 1.00 bits per heavy atom. The van der Waals surface area contributed by atoms with Crippen molar-refractivity contribution in [1.29, 1.82) is 5.26 Å². The summed E-state index contributed by atoms with van der Waals surface area (Å²) in [6.45, 7) is -0.794. The van der Waals surface area contributed by atoms with Crippen molar-refractivity contribution < 1.29 is 18.4 Å². The Hall–Kier alpha value is -4.43. The number of rotatable bonds is 9. The third-order valence-corrected chi connectivity index (χ3v) is 9.14. The number of nitrogens with zero attached hydrogens (tertiary/aromatic N) is 4. The predicted octanol–water partition coefficient (Wildman–Crippen LogP) is 5.37. The number of aromatic nitrogens is 2. The highest BCUT2D eigenvalue weighted by Crippen LogP contribution is 2.42. The van der Waals surface area contributed by atoms with Crippen molar-refractivity contribution in [3.05, 3.63) is 80.9 Å². The quantitative estimate of drug-likeness (QED) is 0.335. The summed E-state index contributed by atoms with van der Waals surface area (Å²) in [4.78, 5) is 46.2. The molecule has 45 heavy (non-hydrogen) atoms. The molecular weight excluding hydrogens is 578 g/mol. The van der Waals surface area contributed by atoms with Gasteiger partial charge in [0.15, 0.2) is 0 Å². The molecule has 9 nitrogen and oxygen atoms in total. The highest BCUT2D eigenvalue weighted by atomic mass is 19.3. The standard InChI is InChI=1S/C34H34F2N6O3/c35-34(36)18-41(19-34)32(44)27-11-20(15-37)5-10-26(27)23-13-29(22-6-7-22)39-30(14-23)40-31(43)28-12-21(16-38-24-3-1-2-4-24)17-42(33(28)45)25-8-9-25/h5,10-14,17,22,24-25,38H,1-4,6-9,16,18-19H2,(H,39,40,43). The van der Waals surface area contributed by atoms with Crippen LogP contribution in [0.1, 0.15) is 101 Å². The molecule has 0 spiro atoms. The van der Waals surface area contributed by atoms with Crippen LogP contribution in [0.2, 0.25) is 0 Å². The zero-order valence-corrected chi connectivity index (χ0v) is 24.8. The van der Waals surface area contributed by atoms with Crippen molar-refractivity contribution in [2.75, 3.05) is 18.4 Å². The van der Waals surface area contributed by atoms with E-state index in [0.29, 0.717) is 23.7 Å². The number of carbonyl (C=O) groups is 2. The van der Waals surface area contributed by atoms with Crippen LogP contribution in [0, 0.1) is 11.3 Å². The summed E-state index contributed by atoms with van der Waals surface area (Å²) in [7, 11) is 0. The van der Waals surface area contributed by atoms with Crippen LogP contribution in [-0.4, -0.2) is 51.3 Å². The van der Waals surface area contributed by atoms with Crippen molar-refractivity contribution in [2.45, 2.75) is 81.8 Å². The molecule has 4 aliphatic rings. The maximum atomic E-state index is 13.7. The molecule has 1 aliphatic heterocycles. The number of pyridine rings is 2. The van der Waals surface area contributed by atoms with Crippen LogP contribution in [0.3, 0.4) is 0 Å². The van der Waals surface area contributed by atoms with Crippen molar-refractivity contribution in [3.63, 3.8) is 0 Å². The van der Waals surface area contributed by atoms with Gasteiger partial charge < -0.3 is 20.1 Å². The highest BCUT2D eigenvalue weighted by molar-refractivity contribution is 6.05. The zero-order valence-electron chi connectivity index (χ0n) is 24.8. The van der Waals surface area contributed by atoms with E-state index < -0.39 is 30.8 Å². The Balaban J connectivity index is 1.21. The van der Waals surface area contributed by atoms with Gasteiger partial charge in [-0.25, -0.2) is 13.8 Å². The Morgan fingerprint density at radius 3 is 2.42 bits per heavy atom. The number of hydrogen-bond donors (Lipinski definition) is 2. The van der Waals surface area contributed by atoms with Gasteiger partial charge in [0, 0.05) is 42.0 Å². The summed E-state index contributed by atoms with van der Waals surface area (Å²) in [5, 5.41) is 15.9. The summed E-state index contributed by atoms with van der Waals surface area (Å²) < 4.78 is 28.9. The molecular formula is C34H34F2N6O3. The molecule has 4 fully saturated rings. The first kappa shape index (κ1) is 29.3. The van der Waals surface area contributed by atoms with Crippen LogP contribution in [0.15, 0.2) is 47.4 Å². The first-order chi connectivity index (χ1) is 21.7. The number of benzene rings is 1. The van der Waals surface area contributed by atoms with Crippen LogP contribution >= 0.6 is 0 Å². The summed E-state index contributed by atoms with van der Waals surface area (Å²) in [5.41, 5.74) is 2.67. The lowest BCUT2D eigenvalue weighted by atomic mass is 9.95. The van der Waals surface area contributed by atoms with E-state index in [0.717, 1.165) is 54.7 Å². The summed E-state index contributed by atoms with van der Waals surface area (Å²) in [5.74, 6) is -3.68. The number of anilines is 1. The SMILES string of the molecule is N#Cc1ccc(-c2cc(NC(=O)c3cc(CNC4CCCC4)cn(C4CC4)c3=O)nc(C3CC3)c2)c(C(=O)N2CC(F)(F)C2)c1. The van der Waals surface area contributed by atoms with Gasteiger partial charge in [0.2, 0.25) is 0 Å². The Morgan fingerprint density at radius 2 is 1.76 bits per heavy atom. The molecule has 1 aromatic carbocycles. The van der Waals surface area contributed by atoms with Crippen LogP contribution in [-0.2, 0) is 6.54 Å². The third-order valence-electron chi connectivity index (χ3n) is 9.14. The van der Waals surface area contributed by atoms with E-state index in [1.807, 2.05) is 18.3 Å². The monoisotopic (exact) mass is 612 g/mol. The second-order valence-corrected chi connectivity index (χ2v) is 12.9. The summed E-state index contributed by atoms with van der Waals surface area (Å²) in [6, 6.07) is 12.3. The third kappa shape index (κ3) is 6.25. The zero-order chi connectivity index (χ0) is 31.3. The predicted molar refractivity (Wildman–Crippen MR) is 163 cm³/mol. The second kappa shape index (κ2) is 11.5. The van der Waals surface area contributed by atoms with Gasteiger partial charge >= 0.3 is 0 Å². The molecule has 2 aromatic heterocycles. The van der Waals surface area contributed by atoms with E-state index in [1.54, 1.807) is 28.8 Å². The number of nitriles is 1. The molecule has 3 aromatic rings. The van der Waals surface area contributed by atoms with Crippen LogP contribution in [0.5, 0.6) is 0 Å². The number of amides is 2. The maximum Gasteiger partial charge on any atom is 0.282 e. The fourth-order valence-corrected chi connectivity index (χ4v) is 6.35. The molecule has 7 rings (SSSR count). The fourth-order valence-electron chi connectivity index (χ4n) is 6.35. The van der Waals surface area contributed by atoms with E-state index in [2.05, 4.69) is 15.6 Å². The average Bonchev–Trinajstić information content (AvgIpc) is 3.97. The minimum atomic E-state index is -2.93. The molecule has 1 saturated heterocycles. The van der Waals surface area contributed by atoms with Gasteiger partial charge in [0.05, 0.1) is 24.7 Å². The van der Waals surface area contributed by atoms with Gasteiger partial charge in [-0.1, -0.05) is 18.9 Å². The lowest BCUT2D eigenvalue weighted by Crippen LogP contribution is -2.58. The van der Waals surface area contributed by atoms with Gasteiger partial charge in [0.1, 0.15) is 11.4 Å². The summed E-state index contributed by atoms with van der Waals surface area (Å²) in [6.07, 6.45) is 10.2. The van der Waals surface area contributed by atoms with E-state index in [9.17, 15) is 28.4 Å². The summed E-state index contributed by atoms with van der Waals surface area (Å²) >= 11 is 0. The average molecular weight is 613 g/mol. The second-order valence-electron chi connectivity index (χ2n) is 12.9. The number of hydrogen-bond acceptors (Lipinski definition) is 6. The molecule has 3 saturated carbocycles. The van der Waals surface area contributed by atoms with Crippen LogP contribution in [0.25, 0.3) is 11.1 Å². The van der Waals surface area contributed by atoms with Crippen molar-refractivity contribution in [2.24, 2.45) is 0 Å². The van der Waals surface area contributed by atoms with Gasteiger partial charge in [-0.15, -0.1) is 0 Å². The smallest absolute Gasteiger partial charge is 0.282 e. The molecule has 0 unspecified atom stereocenters. The fraction of sp³-hybridized carbons (Fsp3) is 0.441. The number of carbonyl (C=O) groups excluding carboxylic acids is 2. The molecule has 0 atom stereocenters. The maximum absolute atomic E-state index is 13.7. The normalized spacial score (nSPS) is 19.2. The minimum Gasteiger partial charge on any atom is -0.326 e. The molecule has 0 bridgehead atoms. The van der Waals surface area contributed by atoms with Crippen molar-refractivity contribution in [1.82, 2.24) is 19.8 Å². The largest absolute Gasteiger partial charge is 0.326 e. The molecule has 3 heterocycles. The van der Waals surface area contributed by atoms with Crippen LogP contribution < -0.4 is 16.2 Å². The number of likely N-dealkylation sites (tertiary alicyclic amines) is 1. The van der Waals surface area contributed by atoms with Gasteiger partial charge in [-0.2, -0.15) is 5.26 Å². The van der Waals surface area contributed by atoms with Gasteiger partial charge in [-0.05, 0) is 85.5 Å². The first-order valence-corrected chi connectivity index (χ1v) is 15.7. The molecule has 2 amide bonds.